The highest BCUT2D eigenvalue weighted by atomic mass is 16.6. The first-order chi connectivity index (χ1) is 25.0. The summed E-state index contributed by atoms with van der Waals surface area (Å²) in [5.74, 6) is -6.62. The first kappa shape index (κ1) is 42.9. The minimum absolute atomic E-state index is 0.0473. The summed E-state index contributed by atoms with van der Waals surface area (Å²) in [6.07, 6.45) is 3.78. The smallest absolute Gasteiger partial charge is 0.407 e. The summed E-state index contributed by atoms with van der Waals surface area (Å²) < 4.78 is 16.5. The number of hydrogen-bond acceptors (Lipinski definition) is 10. The Balaban J connectivity index is 1.77. The van der Waals surface area contributed by atoms with Crippen molar-refractivity contribution in [1.29, 1.82) is 0 Å². The predicted octanol–water partition coefficient (Wildman–Crippen LogP) is 3.41. The Hall–Kier alpha value is -4.53. The van der Waals surface area contributed by atoms with E-state index in [9.17, 15) is 33.6 Å². The van der Waals surface area contributed by atoms with E-state index in [4.69, 9.17) is 14.2 Å². The summed E-state index contributed by atoms with van der Waals surface area (Å²) in [5, 5.41) is 10.4. The van der Waals surface area contributed by atoms with Crippen molar-refractivity contribution in [1.82, 2.24) is 26.2 Å². The van der Waals surface area contributed by atoms with E-state index in [0.717, 1.165) is 24.2 Å². The average Bonchev–Trinajstić information content (AvgIpc) is 3.89. The average molecular weight is 744 g/mol. The number of nitrogens with zero attached hydrogens (tertiary/aromatic N) is 1. The van der Waals surface area contributed by atoms with Crippen molar-refractivity contribution in [3.05, 3.63) is 35.9 Å². The fourth-order valence-electron chi connectivity index (χ4n) is 6.23. The Morgan fingerprint density at radius 1 is 0.962 bits per heavy atom. The standard InChI is InChI=1S/C38H57N5O10/c1-8-16-27(32(46)34(48)39-21-28(44)40-31(26-19-14-11-15-20-26)35(49)53-37(5,6)7)43(29(45)9-2)38(23-52-38)42-33(47)30(25-17-12-10-13-18-25)41-36(50)51-22-24(3)4/h11,14-15,19-20,24-25,27,30-31H,8-10,12-13,16-18,21-23H2,1-7H3,(H,39,48)(H,40,44)(H,41,50)(H,42,47)/t27?,30?,31-,38?/m0/s1. The highest BCUT2D eigenvalue weighted by molar-refractivity contribution is 6.38. The molecule has 294 valence electrons. The number of Topliss-reactive ketones (excluding diaryl/α,β-unsaturated/α-hetero) is 1. The maximum absolute atomic E-state index is 13.9. The normalized spacial score (nSPS) is 18.8. The van der Waals surface area contributed by atoms with Crippen LogP contribution in [-0.2, 0) is 43.0 Å². The lowest BCUT2D eigenvalue weighted by atomic mass is 9.83. The van der Waals surface area contributed by atoms with E-state index in [-0.39, 0.29) is 37.9 Å². The van der Waals surface area contributed by atoms with Gasteiger partial charge in [0.25, 0.3) is 5.91 Å². The van der Waals surface area contributed by atoms with Crippen molar-refractivity contribution < 1.29 is 47.8 Å². The number of alkyl carbamates (subject to hydrolysis) is 1. The van der Waals surface area contributed by atoms with E-state index >= 15 is 0 Å². The minimum atomic E-state index is -1.73. The number of esters is 1. The maximum atomic E-state index is 13.9. The molecule has 5 amide bonds. The third-order valence-electron chi connectivity index (χ3n) is 8.81. The molecule has 3 unspecified atom stereocenters. The lowest BCUT2D eigenvalue weighted by molar-refractivity contribution is -0.158. The van der Waals surface area contributed by atoms with Crippen LogP contribution in [0.4, 0.5) is 4.79 Å². The molecule has 4 atom stereocenters. The number of epoxide rings is 1. The number of carbonyl (C=O) groups excluding carboxylic acids is 7. The van der Waals surface area contributed by atoms with Gasteiger partial charge < -0.3 is 35.5 Å². The third kappa shape index (κ3) is 12.8. The van der Waals surface area contributed by atoms with Gasteiger partial charge in [0.2, 0.25) is 29.4 Å². The zero-order valence-electron chi connectivity index (χ0n) is 32.1. The Morgan fingerprint density at radius 3 is 2.15 bits per heavy atom. The van der Waals surface area contributed by atoms with Gasteiger partial charge in [0.05, 0.1) is 13.2 Å². The molecule has 53 heavy (non-hydrogen) atoms. The van der Waals surface area contributed by atoms with Gasteiger partial charge in [-0.25, -0.2) is 9.59 Å². The zero-order chi connectivity index (χ0) is 39.3. The Kier molecular flexibility index (Phi) is 15.8. The number of benzene rings is 1. The van der Waals surface area contributed by atoms with E-state index in [0.29, 0.717) is 24.8 Å². The molecule has 0 aromatic heterocycles. The van der Waals surface area contributed by atoms with Crippen LogP contribution < -0.4 is 21.3 Å². The number of ether oxygens (including phenoxy) is 3. The summed E-state index contributed by atoms with van der Waals surface area (Å²) in [5.41, 5.74) is -0.375. The van der Waals surface area contributed by atoms with Gasteiger partial charge in [0.15, 0.2) is 6.04 Å². The molecule has 0 spiro atoms. The molecule has 0 bridgehead atoms. The fraction of sp³-hybridized carbons (Fsp3) is 0.658. The summed E-state index contributed by atoms with van der Waals surface area (Å²) in [6.45, 7) is 11.6. The number of nitrogens with one attached hydrogen (secondary N) is 4. The molecule has 1 aromatic rings. The highest BCUT2D eigenvalue weighted by Gasteiger charge is 2.58. The maximum Gasteiger partial charge on any atom is 0.407 e. The van der Waals surface area contributed by atoms with Crippen LogP contribution in [0.5, 0.6) is 0 Å². The Morgan fingerprint density at radius 2 is 1.60 bits per heavy atom. The monoisotopic (exact) mass is 743 g/mol. The number of ketones is 1. The minimum Gasteiger partial charge on any atom is -0.458 e. The molecule has 1 aliphatic heterocycles. The van der Waals surface area contributed by atoms with Crippen LogP contribution in [-0.4, -0.2) is 89.7 Å². The van der Waals surface area contributed by atoms with Crippen molar-refractivity contribution in [2.75, 3.05) is 19.8 Å². The van der Waals surface area contributed by atoms with E-state index < -0.39 is 77.6 Å². The summed E-state index contributed by atoms with van der Waals surface area (Å²) in [7, 11) is 0. The van der Waals surface area contributed by atoms with Gasteiger partial charge in [-0.2, -0.15) is 0 Å². The topological polar surface area (TPSA) is 202 Å². The van der Waals surface area contributed by atoms with Gasteiger partial charge in [-0.05, 0) is 57.4 Å². The van der Waals surface area contributed by atoms with Crippen LogP contribution >= 0.6 is 0 Å². The van der Waals surface area contributed by atoms with Gasteiger partial charge in [-0.1, -0.05) is 83.7 Å². The SMILES string of the molecule is CCCC(C(=O)C(=O)NCC(=O)N[C@H](C(=O)OC(C)(C)C)c1ccccc1)N(C(=O)CC)C1(NC(=O)C(NC(=O)OCC(C)C)C2CCCCC2)CO1. The number of hydrogen-bond donors (Lipinski definition) is 4. The van der Waals surface area contributed by atoms with E-state index in [1.807, 2.05) is 13.8 Å². The summed E-state index contributed by atoms with van der Waals surface area (Å²) in [6, 6.07) is 4.92. The van der Waals surface area contributed by atoms with Crippen LogP contribution in [0.1, 0.15) is 111 Å². The van der Waals surface area contributed by atoms with E-state index in [2.05, 4.69) is 21.3 Å². The summed E-state index contributed by atoms with van der Waals surface area (Å²) in [4.78, 5) is 94.4. The van der Waals surface area contributed by atoms with Crippen molar-refractivity contribution in [2.24, 2.45) is 11.8 Å². The molecular weight excluding hydrogens is 686 g/mol. The number of rotatable bonds is 18. The molecule has 1 saturated carbocycles. The number of carbonyl (C=O) groups is 7. The van der Waals surface area contributed by atoms with Crippen LogP contribution in [0, 0.1) is 11.8 Å². The molecule has 15 heteroatoms. The van der Waals surface area contributed by atoms with Crippen molar-refractivity contribution in [2.45, 2.75) is 129 Å². The molecule has 1 heterocycles. The quantitative estimate of drug-likeness (QED) is 0.0747. The molecule has 1 aromatic carbocycles. The van der Waals surface area contributed by atoms with Gasteiger partial charge in [0.1, 0.15) is 24.3 Å². The second-order valence-electron chi connectivity index (χ2n) is 15.0. The molecule has 1 saturated heterocycles. The van der Waals surface area contributed by atoms with Crippen LogP contribution in [0.2, 0.25) is 0 Å². The molecular formula is C38H57N5O10. The Labute approximate surface area is 312 Å². The van der Waals surface area contributed by atoms with E-state index in [1.54, 1.807) is 65.0 Å². The first-order valence-corrected chi connectivity index (χ1v) is 18.6. The number of amides is 5. The van der Waals surface area contributed by atoms with Gasteiger partial charge >= 0.3 is 12.1 Å². The molecule has 2 aliphatic rings. The highest BCUT2D eigenvalue weighted by Crippen LogP contribution is 2.34. The lowest BCUT2D eigenvalue weighted by Crippen LogP contribution is -2.64. The zero-order valence-corrected chi connectivity index (χ0v) is 32.1. The van der Waals surface area contributed by atoms with Crippen LogP contribution in [0.3, 0.4) is 0 Å². The lowest BCUT2D eigenvalue weighted by Gasteiger charge is -2.37. The van der Waals surface area contributed by atoms with Crippen LogP contribution in [0.25, 0.3) is 0 Å². The third-order valence-corrected chi connectivity index (χ3v) is 8.81. The molecule has 15 nitrogen and oxygen atoms in total. The second kappa shape index (κ2) is 19.5. The molecule has 1 aliphatic carbocycles. The van der Waals surface area contributed by atoms with Crippen molar-refractivity contribution in [3.8, 4) is 0 Å². The van der Waals surface area contributed by atoms with Gasteiger partial charge in [-0.3, -0.25) is 28.9 Å². The van der Waals surface area contributed by atoms with Gasteiger partial charge in [0, 0.05) is 6.42 Å². The van der Waals surface area contributed by atoms with Crippen LogP contribution in [0.15, 0.2) is 30.3 Å². The molecule has 4 N–H and O–H groups in total. The van der Waals surface area contributed by atoms with Gasteiger partial charge in [-0.15, -0.1) is 0 Å². The fourth-order valence-corrected chi connectivity index (χ4v) is 6.23. The predicted molar refractivity (Wildman–Crippen MR) is 194 cm³/mol. The second-order valence-corrected chi connectivity index (χ2v) is 15.0. The first-order valence-electron chi connectivity index (χ1n) is 18.6. The van der Waals surface area contributed by atoms with Crippen molar-refractivity contribution >= 4 is 41.5 Å². The molecule has 3 rings (SSSR count). The molecule has 0 radical (unpaired) electrons. The Bertz CT molecular complexity index is 1450. The molecule has 2 fully saturated rings. The largest absolute Gasteiger partial charge is 0.458 e. The van der Waals surface area contributed by atoms with E-state index in [1.165, 1.54) is 0 Å². The van der Waals surface area contributed by atoms with Crippen molar-refractivity contribution in [3.63, 3.8) is 0 Å². The summed E-state index contributed by atoms with van der Waals surface area (Å²) >= 11 is 0.